The van der Waals surface area contributed by atoms with Crippen LogP contribution in [0.15, 0.2) is 30.3 Å². The van der Waals surface area contributed by atoms with Gasteiger partial charge in [0.25, 0.3) is 0 Å². The smallest absolute Gasteiger partial charge is 0.244 e. The molecular weight excluding hydrogens is 226 g/mol. The first-order valence-electron chi connectivity index (χ1n) is 6.47. The molecule has 2 unspecified atom stereocenters. The highest BCUT2D eigenvalue weighted by atomic mass is 16.2. The molecule has 0 saturated carbocycles. The van der Waals surface area contributed by atoms with Crippen molar-refractivity contribution in [1.29, 1.82) is 0 Å². The van der Waals surface area contributed by atoms with Crippen LogP contribution < -0.4 is 16.4 Å². The zero-order valence-electron chi connectivity index (χ0n) is 10.8. The second-order valence-corrected chi connectivity index (χ2v) is 5.09. The minimum Gasteiger partial charge on any atom is -0.350 e. The summed E-state index contributed by atoms with van der Waals surface area (Å²) in [5.41, 5.74) is 6.03. The second-order valence-electron chi connectivity index (χ2n) is 5.09. The molecule has 1 amide bonds. The van der Waals surface area contributed by atoms with Crippen molar-refractivity contribution in [2.24, 2.45) is 5.73 Å². The Morgan fingerprint density at radius 3 is 2.78 bits per heavy atom. The van der Waals surface area contributed by atoms with Gasteiger partial charge in [-0.2, -0.15) is 0 Å². The highest BCUT2D eigenvalue weighted by Gasteiger charge is 2.31. The van der Waals surface area contributed by atoms with Gasteiger partial charge in [-0.1, -0.05) is 30.3 Å². The Morgan fingerprint density at radius 2 is 2.17 bits per heavy atom. The molecular formula is C14H21N3O. The third-order valence-corrected chi connectivity index (χ3v) is 3.48. The fourth-order valence-electron chi connectivity index (χ4n) is 2.23. The Morgan fingerprint density at radius 1 is 1.44 bits per heavy atom. The monoisotopic (exact) mass is 247 g/mol. The molecule has 4 heteroatoms. The average Bonchev–Trinajstić information content (AvgIpc) is 2.41. The first kappa shape index (κ1) is 13.1. The average molecular weight is 247 g/mol. The van der Waals surface area contributed by atoms with E-state index in [1.54, 1.807) is 6.92 Å². The first-order chi connectivity index (χ1) is 8.60. The van der Waals surface area contributed by atoms with E-state index in [4.69, 9.17) is 5.73 Å². The Balaban J connectivity index is 2.03. The van der Waals surface area contributed by atoms with E-state index in [0.29, 0.717) is 0 Å². The molecule has 1 aliphatic rings. The molecule has 1 heterocycles. The number of amides is 1. The van der Waals surface area contributed by atoms with Crippen LogP contribution >= 0.6 is 0 Å². The summed E-state index contributed by atoms with van der Waals surface area (Å²) in [6.07, 6.45) is 2.11. The molecule has 1 saturated heterocycles. The zero-order valence-corrected chi connectivity index (χ0v) is 10.8. The molecule has 1 fully saturated rings. The summed E-state index contributed by atoms with van der Waals surface area (Å²) < 4.78 is 0. The van der Waals surface area contributed by atoms with E-state index in [9.17, 15) is 4.79 Å². The van der Waals surface area contributed by atoms with Crippen LogP contribution in [0.1, 0.15) is 25.3 Å². The number of carbonyl (C=O) groups excluding carboxylic acids is 1. The predicted molar refractivity (Wildman–Crippen MR) is 72.0 cm³/mol. The quantitative estimate of drug-likeness (QED) is 0.737. The van der Waals surface area contributed by atoms with Gasteiger partial charge in [0.15, 0.2) is 0 Å². The van der Waals surface area contributed by atoms with E-state index >= 15 is 0 Å². The lowest BCUT2D eigenvalue weighted by Crippen LogP contribution is -2.55. The lowest BCUT2D eigenvalue weighted by atomic mass is 9.91. The Kier molecular flexibility index (Phi) is 3.99. The maximum atomic E-state index is 12.3. The van der Waals surface area contributed by atoms with E-state index in [1.165, 1.54) is 0 Å². The summed E-state index contributed by atoms with van der Waals surface area (Å²) in [6.45, 7) is 3.62. The molecule has 98 valence electrons. The van der Waals surface area contributed by atoms with Gasteiger partial charge in [0.1, 0.15) is 5.54 Å². The maximum Gasteiger partial charge on any atom is 0.244 e. The molecule has 0 spiro atoms. The van der Waals surface area contributed by atoms with Crippen molar-refractivity contribution in [3.8, 4) is 0 Å². The highest BCUT2D eigenvalue weighted by Crippen LogP contribution is 2.18. The minimum atomic E-state index is -0.974. The second kappa shape index (κ2) is 5.50. The van der Waals surface area contributed by atoms with E-state index in [-0.39, 0.29) is 11.9 Å². The van der Waals surface area contributed by atoms with Crippen molar-refractivity contribution in [2.45, 2.75) is 31.3 Å². The normalized spacial score (nSPS) is 23.1. The standard InChI is InChI=1S/C14H21N3O/c1-14(15,11-6-3-2-4-7-11)13(18)17-12-8-5-9-16-10-12/h2-4,6-7,12,16H,5,8-10,15H2,1H3,(H,17,18). The largest absolute Gasteiger partial charge is 0.350 e. The molecule has 0 radical (unpaired) electrons. The summed E-state index contributed by atoms with van der Waals surface area (Å²) in [4.78, 5) is 12.3. The van der Waals surface area contributed by atoms with Gasteiger partial charge in [0, 0.05) is 12.6 Å². The van der Waals surface area contributed by atoms with Crippen LogP contribution in [0.4, 0.5) is 0 Å². The van der Waals surface area contributed by atoms with Crippen LogP contribution in [-0.4, -0.2) is 25.0 Å². The first-order valence-corrected chi connectivity index (χ1v) is 6.47. The van der Waals surface area contributed by atoms with Crippen molar-refractivity contribution in [3.63, 3.8) is 0 Å². The molecule has 1 aliphatic heterocycles. The number of nitrogens with one attached hydrogen (secondary N) is 2. The number of piperidine rings is 1. The summed E-state index contributed by atoms with van der Waals surface area (Å²) >= 11 is 0. The van der Waals surface area contributed by atoms with Crippen LogP contribution in [0.2, 0.25) is 0 Å². The molecule has 2 rings (SSSR count). The third kappa shape index (κ3) is 2.89. The molecule has 1 aromatic carbocycles. The lowest BCUT2D eigenvalue weighted by Gasteiger charge is -2.29. The van der Waals surface area contributed by atoms with Crippen molar-refractivity contribution in [1.82, 2.24) is 10.6 Å². The molecule has 4 N–H and O–H groups in total. The van der Waals surface area contributed by atoms with E-state index in [1.807, 2.05) is 30.3 Å². The summed E-state index contributed by atoms with van der Waals surface area (Å²) in [5.74, 6) is -0.109. The van der Waals surface area contributed by atoms with Gasteiger partial charge in [-0.3, -0.25) is 4.79 Å². The highest BCUT2D eigenvalue weighted by molar-refractivity contribution is 5.87. The number of hydrogen-bond donors (Lipinski definition) is 3. The van der Waals surface area contributed by atoms with Gasteiger partial charge in [-0.05, 0) is 31.9 Å². The molecule has 4 nitrogen and oxygen atoms in total. The third-order valence-electron chi connectivity index (χ3n) is 3.48. The van der Waals surface area contributed by atoms with Crippen molar-refractivity contribution in [2.75, 3.05) is 13.1 Å². The maximum absolute atomic E-state index is 12.3. The molecule has 2 atom stereocenters. The Bertz CT molecular complexity index is 397. The summed E-state index contributed by atoms with van der Waals surface area (Å²) in [5, 5.41) is 6.31. The van der Waals surface area contributed by atoms with Gasteiger partial charge >= 0.3 is 0 Å². The number of rotatable bonds is 3. The van der Waals surface area contributed by atoms with Gasteiger partial charge in [0.05, 0.1) is 0 Å². The Labute approximate surface area is 108 Å². The van der Waals surface area contributed by atoms with Crippen molar-refractivity contribution < 1.29 is 4.79 Å². The predicted octanol–water partition coefficient (Wildman–Crippen LogP) is 0.729. The van der Waals surface area contributed by atoms with E-state index in [2.05, 4.69) is 10.6 Å². The Hall–Kier alpha value is -1.39. The van der Waals surface area contributed by atoms with Crippen LogP contribution in [0, 0.1) is 0 Å². The van der Waals surface area contributed by atoms with Gasteiger partial charge in [-0.15, -0.1) is 0 Å². The van der Waals surface area contributed by atoms with Crippen LogP contribution in [0.25, 0.3) is 0 Å². The van der Waals surface area contributed by atoms with Gasteiger partial charge < -0.3 is 16.4 Å². The van der Waals surface area contributed by atoms with E-state index < -0.39 is 5.54 Å². The van der Waals surface area contributed by atoms with Gasteiger partial charge in [-0.25, -0.2) is 0 Å². The topological polar surface area (TPSA) is 67.2 Å². The summed E-state index contributed by atoms with van der Waals surface area (Å²) in [7, 11) is 0. The summed E-state index contributed by atoms with van der Waals surface area (Å²) in [6, 6.07) is 9.68. The number of carbonyl (C=O) groups is 1. The molecule has 0 aromatic heterocycles. The van der Waals surface area contributed by atoms with Crippen LogP contribution in [0.5, 0.6) is 0 Å². The zero-order chi connectivity index (χ0) is 13.0. The SMILES string of the molecule is CC(N)(C(=O)NC1CCCNC1)c1ccccc1. The molecule has 1 aromatic rings. The van der Waals surface area contributed by atoms with Crippen LogP contribution in [-0.2, 0) is 10.3 Å². The number of nitrogens with two attached hydrogens (primary N) is 1. The number of benzene rings is 1. The fourth-order valence-corrected chi connectivity index (χ4v) is 2.23. The number of hydrogen-bond acceptors (Lipinski definition) is 3. The van der Waals surface area contributed by atoms with Crippen LogP contribution in [0.3, 0.4) is 0 Å². The minimum absolute atomic E-state index is 0.109. The molecule has 0 aliphatic carbocycles. The van der Waals surface area contributed by atoms with Gasteiger partial charge in [0.2, 0.25) is 5.91 Å². The van der Waals surface area contributed by atoms with E-state index in [0.717, 1.165) is 31.5 Å². The van der Waals surface area contributed by atoms with Crippen molar-refractivity contribution >= 4 is 5.91 Å². The molecule has 18 heavy (non-hydrogen) atoms. The lowest BCUT2D eigenvalue weighted by molar-refractivity contribution is -0.126. The van der Waals surface area contributed by atoms with Crippen molar-refractivity contribution in [3.05, 3.63) is 35.9 Å². The molecule has 0 bridgehead atoms. The fraction of sp³-hybridized carbons (Fsp3) is 0.500.